The molecule has 0 unspecified atom stereocenters. The molecular weight excluding hydrogens is 426 g/mol. The lowest BCUT2D eigenvalue weighted by Gasteiger charge is -2.24. The molecule has 0 aliphatic carbocycles. The van der Waals surface area contributed by atoms with Crippen molar-refractivity contribution in [3.63, 3.8) is 0 Å². The Labute approximate surface area is 174 Å². The molecule has 1 aliphatic heterocycles. The predicted molar refractivity (Wildman–Crippen MR) is 109 cm³/mol. The lowest BCUT2D eigenvalue weighted by molar-refractivity contribution is 0.0372. The summed E-state index contributed by atoms with van der Waals surface area (Å²) >= 11 is 0. The number of carbonyl (C=O) groups is 1. The molecule has 7 nitrogen and oxygen atoms in total. The van der Waals surface area contributed by atoms with Crippen LogP contribution in [-0.4, -0.2) is 33.1 Å². The summed E-state index contributed by atoms with van der Waals surface area (Å²) in [6, 6.07) is 21.0. The molecule has 0 radical (unpaired) electrons. The van der Waals surface area contributed by atoms with Crippen LogP contribution < -0.4 is 0 Å². The minimum atomic E-state index is -4.46. The number of nitrogens with zero attached hydrogens (tertiary/aromatic N) is 1. The van der Waals surface area contributed by atoms with Gasteiger partial charge in [-0.3, -0.25) is 0 Å². The topological polar surface area (TPSA) is 97.8 Å². The van der Waals surface area contributed by atoms with Gasteiger partial charge < -0.3 is 4.74 Å². The summed E-state index contributed by atoms with van der Waals surface area (Å²) in [5.74, 6) is -0.621. The highest BCUT2D eigenvalue weighted by atomic mass is 32.3. The standard InChI is InChI=1S/C21H17NO6S2/c23-21-19-14-8-7-13-18(19)20(28-21)15-22(29(24,25)16-9-3-1-4-10-16)30(26,27)17-11-5-2-6-12-17/h1-14,20H,15H2/t20-/m0/s1. The molecule has 0 saturated carbocycles. The molecule has 30 heavy (non-hydrogen) atoms. The van der Waals surface area contributed by atoms with Gasteiger partial charge in [0.15, 0.2) is 0 Å². The van der Waals surface area contributed by atoms with E-state index in [2.05, 4.69) is 0 Å². The van der Waals surface area contributed by atoms with Gasteiger partial charge >= 0.3 is 5.97 Å². The van der Waals surface area contributed by atoms with Crippen molar-refractivity contribution in [1.29, 1.82) is 0 Å². The van der Waals surface area contributed by atoms with E-state index in [9.17, 15) is 21.6 Å². The van der Waals surface area contributed by atoms with Crippen molar-refractivity contribution in [2.45, 2.75) is 15.9 Å². The first-order chi connectivity index (χ1) is 14.3. The molecule has 0 amide bonds. The summed E-state index contributed by atoms with van der Waals surface area (Å²) in [5, 5.41) is 0. The normalized spacial score (nSPS) is 16.3. The quantitative estimate of drug-likeness (QED) is 0.543. The number of ether oxygens (including phenoxy) is 1. The van der Waals surface area contributed by atoms with E-state index in [0.29, 0.717) is 9.27 Å². The fraction of sp³-hybridized carbons (Fsp3) is 0.0952. The SMILES string of the molecule is O=C1O[C@@H](CN(S(=O)(=O)c2ccccc2)S(=O)(=O)c2ccccc2)c2ccccc21. The van der Waals surface area contributed by atoms with Crippen molar-refractivity contribution in [1.82, 2.24) is 3.71 Å². The predicted octanol–water partition coefficient (Wildman–Crippen LogP) is 2.98. The van der Waals surface area contributed by atoms with Crippen LogP contribution in [0.25, 0.3) is 0 Å². The molecule has 1 aliphatic rings. The van der Waals surface area contributed by atoms with Crippen LogP contribution in [0.1, 0.15) is 22.0 Å². The molecular formula is C21H17NO6S2. The Morgan fingerprint density at radius 1 is 0.700 bits per heavy atom. The molecule has 3 aromatic carbocycles. The molecule has 0 bridgehead atoms. The van der Waals surface area contributed by atoms with E-state index in [1.165, 1.54) is 48.5 Å². The second-order valence-corrected chi connectivity index (χ2v) is 10.5. The molecule has 0 aromatic heterocycles. The van der Waals surface area contributed by atoms with Crippen LogP contribution in [-0.2, 0) is 24.8 Å². The summed E-state index contributed by atoms with van der Waals surface area (Å²) < 4.78 is 59.1. The number of rotatable bonds is 6. The molecule has 3 aromatic rings. The number of fused-ring (bicyclic) bond motifs is 1. The third kappa shape index (κ3) is 3.51. The Balaban J connectivity index is 1.83. The summed E-state index contributed by atoms with van der Waals surface area (Å²) in [6.07, 6.45) is -1.05. The third-order valence-electron chi connectivity index (χ3n) is 4.71. The average molecular weight is 444 g/mol. The second-order valence-electron chi connectivity index (χ2n) is 6.57. The van der Waals surface area contributed by atoms with Crippen LogP contribution in [0.3, 0.4) is 0 Å². The van der Waals surface area contributed by atoms with Gasteiger partial charge in [-0.2, -0.15) is 0 Å². The average Bonchev–Trinajstić information content (AvgIpc) is 3.09. The van der Waals surface area contributed by atoms with Gasteiger partial charge in [-0.1, -0.05) is 58.3 Å². The maximum absolute atomic E-state index is 13.3. The van der Waals surface area contributed by atoms with Crippen molar-refractivity contribution in [3.05, 3.63) is 96.1 Å². The first-order valence-electron chi connectivity index (χ1n) is 9.00. The summed E-state index contributed by atoms with van der Waals surface area (Å²) in [6.45, 7) is -0.572. The van der Waals surface area contributed by atoms with Crippen LogP contribution in [0.2, 0.25) is 0 Å². The van der Waals surface area contributed by atoms with Gasteiger partial charge in [-0.15, -0.1) is 0 Å². The highest BCUT2D eigenvalue weighted by Crippen LogP contribution is 2.34. The number of esters is 1. The maximum Gasteiger partial charge on any atom is 0.339 e. The highest BCUT2D eigenvalue weighted by Gasteiger charge is 2.42. The zero-order chi connectivity index (χ0) is 21.4. The van der Waals surface area contributed by atoms with Crippen molar-refractivity contribution >= 4 is 26.0 Å². The van der Waals surface area contributed by atoms with Crippen LogP contribution in [0.15, 0.2) is 94.7 Å². The molecule has 0 saturated heterocycles. The number of hydrogen-bond acceptors (Lipinski definition) is 6. The molecule has 9 heteroatoms. The molecule has 4 rings (SSSR count). The number of hydrogen-bond donors (Lipinski definition) is 0. The summed E-state index contributed by atoms with van der Waals surface area (Å²) in [7, 11) is -8.92. The van der Waals surface area contributed by atoms with E-state index in [0.717, 1.165) is 0 Å². The fourth-order valence-corrected chi connectivity index (χ4v) is 6.92. The fourth-order valence-electron chi connectivity index (χ4n) is 3.24. The molecule has 1 heterocycles. The number of sulfonamides is 2. The number of carbonyl (C=O) groups excluding carboxylic acids is 1. The van der Waals surface area contributed by atoms with E-state index in [1.807, 2.05) is 0 Å². The van der Waals surface area contributed by atoms with Crippen molar-refractivity contribution in [2.24, 2.45) is 0 Å². The zero-order valence-electron chi connectivity index (χ0n) is 15.6. The lowest BCUT2D eigenvalue weighted by Crippen LogP contribution is -2.39. The molecule has 1 atom stereocenters. The first kappa shape index (κ1) is 20.3. The summed E-state index contributed by atoms with van der Waals surface area (Å²) in [4.78, 5) is 11.8. The van der Waals surface area contributed by atoms with E-state index >= 15 is 0 Å². The van der Waals surface area contributed by atoms with Crippen molar-refractivity contribution in [3.8, 4) is 0 Å². The summed E-state index contributed by atoms with van der Waals surface area (Å²) in [5.41, 5.74) is 0.732. The van der Waals surface area contributed by atoms with Gasteiger partial charge in [0.05, 0.1) is 21.9 Å². The molecule has 0 spiro atoms. The van der Waals surface area contributed by atoms with Crippen LogP contribution in [0.5, 0.6) is 0 Å². The number of cyclic esters (lactones) is 1. The van der Waals surface area contributed by atoms with Crippen LogP contribution in [0, 0.1) is 0 Å². The Morgan fingerprint density at radius 2 is 1.17 bits per heavy atom. The van der Waals surface area contributed by atoms with E-state index < -0.39 is 38.7 Å². The molecule has 0 fully saturated rings. The maximum atomic E-state index is 13.3. The Morgan fingerprint density at radius 3 is 1.70 bits per heavy atom. The lowest BCUT2D eigenvalue weighted by atomic mass is 10.1. The van der Waals surface area contributed by atoms with Gasteiger partial charge in [0, 0.05) is 5.56 Å². The third-order valence-corrected chi connectivity index (χ3v) is 8.99. The second kappa shape index (κ2) is 7.67. The zero-order valence-corrected chi connectivity index (χ0v) is 17.2. The van der Waals surface area contributed by atoms with E-state index in [4.69, 9.17) is 4.74 Å². The van der Waals surface area contributed by atoms with Gasteiger partial charge in [-0.05, 0) is 30.3 Å². The minimum Gasteiger partial charge on any atom is -0.452 e. The van der Waals surface area contributed by atoms with Gasteiger partial charge in [0.2, 0.25) is 0 Å². The minimum absolute atomic E-state index is 0.179. The van der Waals surface area contributed by atoms with Crippen molar-refractivity contribution < 1.29 is 26.4 Å². The smallest absolute Gasteiger partial charge is 0.339 e. The monoisotopic (exact) mass is 443 g/mol. The van der Waals surface area contributed by atoms with Crippen LogP contribution >= 0.6 is 0 Å². The van der Waals surface area contributed by atoms with Crippen molar-refractivity contribution in [2.75, 3.05) is 6.54 Å². The van der Waals surface area contributed by atoms with Gasteiger partial charge in [0.25, 0.3) is 20.0 Å². The Kier molecular flexibility index (Phi) is 5.19. The first-order valence-corrected chi connectivity index (χ1v) is 11.9. The largest absolute Gasteiger partial charge is 0.452 e. The van der Waals surface area contributed by atoms with Crippen LogP contribution in [0.4, 0.5) is 0 Å². The molecule has 154 valence electrons. The van der Waals surface area contributed by atoms with Gasteiger partial charge in [0.1, 0.15) is 6.10 Å². The van der Waals surface area contributed by atoms with Gasteiger partial charge in [-0.25, -0.2) is 21.6 Å². The molecule has 0 N–H and O–H groups in total. The Hall–Kier alpha value is -3.01. The number of benzene rings is 3. The van der Waals surface area contributed by atoms with E-state index in [1.54, 1.807) is 36.4 Å². The highest BCUT2D eigenvalue weighted by molar-refractivity contribution is 8.04. The van der Waals surface area contributed by atoms with E-state index in [-0.39, 0.29) is 15.4 Å². The Bertz CT molecular complexity index is 1220.